The minimum Gasteiger partial charge on any atom is -0.480 e. The van der Waals surface area contributed by atoms with E-state index in [1.165, 1.54) is 0 Å². The molecule has 1 atom stereocenters. The first kappa shape index (κ1) is 20.5. The van der Waals surface area contributed by atoms with Gasteiger partial charge in [-0.2, -0.15) is 0 Å². The zero-order chi connectivity index (χ0) is 19.4. The molecule has 1 aromatic carbocycles. The van der Waals surface area contributed by atoms with E-state index in [1.807, 2.05) is 32.9 Å². The van der Waals surface area contributed by atoms with Gasteiger partial charge in [0.25, 0.3) is 5.91 Å². The Morgan fingerprint density at radius 2 is 1.68 bits per heavy atom. The second-order valence-corrected chi connectivity index (χ2v) is 6.95. The molecule has 0 aromatic heterocycles. The lowest BCUT2D eigenvalue weighted by Crippen LogP contribution is -2.44. The molecule has 0 aliphatic heterocycles. The van der Waals surface area contributed by atoms with Crippen LogP contribution in [0.1, 0.15) is 44.4 Å². The van der Waals surface area contributed by atoms with Gasteiger partial charge in [0.15, 0.2) is 6.10 Å². The average Bonchev–Trinajstić information content (AvgIpc) is 2.39. The van der Waals surface area contributed by atoms with Gasteiger partial charge in [-0.05, 0) is 59.6 Å². The van der Waals surface area contributed by atoms with Gasteiger partial charge in [-0.3, -0.25) is 10.1 Å². The molecule has 1 rings (SSSR count). The maximum Gasteiger partial charge on any atom is 0.437 e. The van der Waals surface area contributed by atoms with E-state index in [2.05, 4.69) is 10.3 Å². The van der Waals surface area contributed by atoms with Gasteiger partial charge in [0, 0.05) is 0 Å². The van der Waals surface area contributed by atoms with E-state index in [1.54, 1.807) is 27.7 Å². The number of nitrogens with two attached hydrogens (primary N) is 1. The Balaban J connectivity index is 2.73. The number of carbonyl (C=O) groups excluding carboxylic acids is 2. The van der Waals surface area contributed by atoms with E-state index in [-0.39, 0.29) is 5.96 Å². The summed E-state index contributed by atoms with van der Waals surface area (Å²) in [6.07, 6.45) is -1.68. The van der Waals surface area contributed by atoms with Gasteiger partial charge in [-0.15, -0.1) is 4.99 Å². The lowest BCUT2D eigenvalue weighted by molar-refractivity contribution is -0.125. The average molecular weight is 349 g/mol. The zero-order valence-corrected chi connectivity index (χ0v) is 15.9. The number of aryl methyl sites for hydroxylation is 3. The van der Waals surface area contributed by atoms with Crippen molar-refractivity contribution in [2.75, 3.05) is 0 Å². The van der Waals surface area contributed by atoms with Crippen LogP contribution in [-0.2, 0) is 9.53 Å². The number of nitrogens with one attached hydrogen (secondary N) is 1. The summed E-state index contributed by atoms with van der Waals surface area (Å²) in [5.74, 6) is -0.202. The molecule has 25 heavy (non-hydrogen) atoms. The number of hydrogen-bond donors (Lipinski definition) is 2. The van der Waals surface area contributed by atoms with Gasteiger partial charge in [0.2, 0.25) is 5.96 Å². The lowest BCUT2D eigenvalue weighted by Gasteiger charge is -2.19. The van der Waals surface area contributed by atoms with Crippen LogP contribution in [0.4, 0.5) is 4.79 Å². The molecule has 0 bridgehead atoms. The highest BCUT2D eigenvalue weighted by Crippen LogP contribution is 2.25. The number of amides is 2. The molecule has 1 unspecified atom stereocenters. The molecule has 3 N–H and O–H groups in total. The van der Waals surface area contributed by atoms with Crippen molar-refractivity contribution in [2.24, 2.45) is 10.7 Å². The molecule has 7 heteroatoms. The number of carbonyl (C=O) groups is 2. The summed E-state index contributed by atoms with van der Waals surface area (Å²) in [5.41, 5.74) is 7.87. The summed E-state index contributed by atoms with van der Waals surface area (Å²) in [6.45, 7) is 12.5. The fourth-order valence-electron chi connectivity index (χ4n) is 2.22. The largest absolute Gasteiger partial charge is 0.480 e. The Labute approximate surface area is 148 Å². The molecule has 0 spiro atoms. The quantitative estimate of drug-likeness (QED) is 0.645. The van der Waals surface area contributed by atoms with Crippen LogP contribution in [0.2, 0.25) is 0 Å². The van der Waals surface area contributed by atoms with E-state index in [0.29, 0.717) is 5.75 Å². The summed E-state index contributed by atoms with van der Waals surface area (Å²) < 4.78 is 10.7. The maximum atomic E-state index is 12.2. The monoisotopic (exact) mass is 349 g/mol. The number of ether oxygens (including phenoxy) is 2. The van der Waals surface area contributed by atoms with Gasteiger partial charge in [0.1, 0.15) is 11.4 Å². The smallest absolute Gasteiger partial charge is 0.437 e. The van der Waals surface area contributed by atoms with Crippen LogP contribution in [0.25, 0.3) is 0 Å². The van der Waals surface area contributed by atoms with Gasteiger partial charge in [-0.25, -0.2) is 4.79 Å². The predicted molar refractivity (Wildman–Crippen MR) is 96.7 cm³/mol. The highest BCUT2D eigenvalue weighted by molar-refractivity contribution is 6.01. The molecule has 7 nitrogen and oxygen atoms in total. The molecule has 0 fully saturated rings. The van der Waals surface area contributed by atoms with Crippen LogP contribution in [0.15, 0.2) is 17.1 Å². The van der Waals surface area contributed by atoms with Crippen molar-refractivity contribution in [2.45, 2.75) is 60.2 Å². The molecule has 0 aliphatic rings. The van der Waals surface area contributed by atoms with E-state index in [4.69, 9.17) is 15.2 Å². The summed E-state index contributed by atoms with van der Waals surface area (Å²) in [6, 6.07) is 3.95. The number of rotatable bonds is 3. The number of benzene rings is 1. The molecule has 2 amide bonds. The molecular weight excluding hydrogens is 322 g/mol. The third-order valence-electron chi connectivity index (χ3n) is 3.13. The van der Waals surface area contributed by atoms with Gasteiger partial charge < -0.3 is 15.2 Å². The molecule has 1 aromatic rings. The maximum absolute atomic E-state index is 12.2. The number of nitrogens with zero attached hydrogens (tertiary/aromatic N) is 1. The molecule has 0 radical (unpaired) electrons. The topological polar surface area (TPSA) is 103 Å². The molecule has 138 valence electrons. The van der Waals surface area contributed by atoms with Crippen LogP contribution >= 0.6 is 0 Å². The first-order valence-corrected chi connectivity index (χ1v) is 8.01. The lowest BCUT2D eigenvalue weighted by atomic mass is 10.1. The van der Waals surface area contributed by atoms with Crippen molar-refractivity contribution in [1.29, 1.82) is 0 Å². The summed E-state index contributed by atoms with van der Waals surface area (Å²) in [4.78, 5) is 27.2. The van der Waals surface area contributed by atoms with Crippen molar-refractivity contribution in [1.82, 2.24) is 5.32 Å². The SMILES string of the molecule is Cc1cc(C)c(OC(C)C(=O)NC(N)=NC(=O)OC(C)(C)C)c(C)c1. The molecule has 0 saturated heterocycles. The third kappa shape index (κ3) is 6.82. The predicted octanol–water partition coefficient (Wildman–Crippen LogP) is 2.75. The molecule has 0 heterocycles. The Morgan fingerprint density at radius 1 is 1.16 bits per heavy atom. The fraction of sp³-hybridized carbons (Fsp3) is 0.500. The van der Waals surface area contributed by atoms with E-state index >= 15 is 0 Å². The summed E-state index contributed by atoms with van der Waals surface area (Å²) in [5, 5.41) is 2.33. The highest BCUT2D eigenvalue weighted by Gasteiger charge is 2.20. The van der Waals surface area contributed by atoms with Crippen molar-refractivity contribution in [3.63, 3.8) is 0 Å². The van der Waals surface area contributed by atoms with E-state index in [0.717, 1.165) is 16.7 Å². The van der Waals surface area contributed by atoms with Crippen molar-refractivity contribution < 1.29 is 19.1 Å². The molecule has 0 aliphatic carbocycles. The minimum absolute atomic E-state index is 0.341. The Bertz CT molecular complexity index is 667. The molecular formula is C18H27N3O4. The van der Waals surface area contributed by atoms with Crippen molar-refractivity contribution in [3.8, 4) is 5.75 Å². The third-order valence-corrected chi connectivity index (χ3v) is 3.13. The van der Waals surface area contributed by atoms with Crippen LogP contribution in [0.3, 0.4) is 0 Å². The zero-order valence-electron chi connectivity index (χ0n) is 15.9. The fourth-order valence-corrected chi connectivity index (χ4v) is 2.22. The Kier molecular flexibility index (Phi) is 6.55. The van der Waals surface area contributed by atoms with Crippen molar-refractivity contribution >= 4 is 18.0 Å². The number of guanidine groups is 1. The van der Waals surface area contributed by atoms with E-state index in [9.17, 15) is 9.59 Å². The van der Waals surface area contributed by atoms with Gasteiger partial charge >= 0.3 is 6.09 Å². The summed E-state index contributed by atoms with van der Waals surface area (Å²) in [7, 11) is 0. The standard InChI is InChI=1S/C18H27N3O4/c1-10-8-11(2)14(12(3)9-10)24-13(4)15(22)20-16(19)21-17(23)25-18(5,6)7/h8-9,13H,1-7H3,(H3,19,20,21,22,23). The summed E-state index contributed by atoms with van der Waals surface area (Å²) >= 11 is 0. The normalized spacial score (nSPS) is 13.2. The first-order valence-electron chi connectivity index (χ1n) is 8.01. The van der Waals surface area contributed by atoms with Crippen LogP contribution in [0.5, 0.6) is 5.75 Å². The van der Waals surface area contributed by atoms with E-state index < -0.39 is 23.7 Å². The number of hydrogen-bond acceptors (Lipinski definition) is 4. The Hall–Kier alpha value is -2.57. The van der Waals surface area contributed by atoms with Crippen LogP contribution in [0, 0.1) is 20.8 Å². The molecule has 0 saturated carbocycles. The van der Waals surface area contributed by atoms with Crippen molar-refractivity contribution in [3.05, 3.63) is 28.8 Å². The van der Waals surface area contributed by atoms with Crippen LogP contribution < -0.4 is 15.8 Å². The highest BCUT2D eigenvalue weighted by atomic mass is 16.6. The second kappa shape index (κ2) is 8.00. The minimum atomic E-state index is -0.871. The van der Waals surface area contributed by atoms with Gasteiger partial charge in [0.05, 0.1) is 0 Å². The van der Waals surface area contributed by atoms with Gasteiger partial charge in [-0.1, -0.05) is 17.7 Å². The Morgan fingerprint density at radius 3 is 2.16 bits per heavy atom. The second-order valence-electron chi connectivity index (χ2n) is 6.95. The van der Waals surface area contributed by atoms with Crippen LogP contribution in [-0.4, -0.2) is 29.7 Å². The number of aliphatic imine (C=N–C) groups is 1. The first-order chi connectivity index (χ1) is 11.4.